The zero-order valence-electron chi connectivity index (χ0n) is 9.24. The number of nitrogens with zero attached hydrogens (tertiary/aromatic N) is 2. The van der Waals surface area contributed by atoms with Crippen LogP contribution in [0.15, 0.2) is 30.5 Å². The van der Waals surface area contributed by atoms with Crippen LogP contribution in [0.5, 0.6) is 0 Å². The maximum absolute atomic E-state index is 12.3. The molecule has 1 aromatic rings. The zero-order valence-corrected chi connectivity index (χ0v) is 9.24. The van der Waals surface area contributed by atoms with E-state index in [0.717, 1.165) is 31.1 Å². The van der Waals surface area contributed by atoms with Gasteiger partial charge in [0.2, 0.25) is 0 Å². The molecular weight excluding hydrogens is 229 g/mol. The Morgan fingerprint density at radius 2 is 2.06 bits per heavy atom. The van der Waals surface area contributed by atoms with Crippen molar-refractivity contribution in [2.45, 2.75) is 19.1 Å². The molecule has 0 atom stereocenters. The summed E-state index contributed by atoms with van der Waals surface area (Å²) in [5.41, 5.74) is -0.0203. The van der Waals surface area contributed by atoms with Gasteiger partial charge in [0, 0.05) is 25.8 Å². The largest absolute Gasteiger partial charge is 0.433 e. The van der Waals surface area contributed by atoms with Crippen molar-refractivity contribution < 1.29 is 13.2 Å². The molecule has 0 bridgehead atoms. The smallest absolute Gasteiger partial charge is 0.295 e. The average molecular weight is 242 g/mol. The fraction of sp³-hybridized carbons (Fsp3) is 0.417. The molecule has 5 heteroatoms. The molecular formula is C12H13F3N2. The lowest BCUT2D eigenvalue weighted by Crippen LogP contribution is -2.26. The highest BCUT2D eigenvalue weighted by molar-refractivity contribution is 5.16. The first-order valence-corrected chi connectivity index (χ1v) is 5.45. The molecule has 0 aromatic carbocycles. The monoisotopic (exact) mass is 242 g/mol. The Balaban J connectivity index is 2.00. The Bertz CT molecular complexity index is 395. The summed E-state index contributed by atoms with van der Waals surface area (Å²) >= 11 is 0. The second-order valence-corrected chi connectivity index (χ2v) is 4.04. The maximum Gasteiger partial charge on any atom is 0.433 e. The molecule has 1 aliphatic rings. The molecule has 0 radical (unpaired) electrons. The van der Waals surface area contributed by atoms with E-state index in [4.69, 9.17) is 0 Å². The molecule has 0 aliphatic carbocycles. The minimum atomic E-state index is -4.35. The fourth-order valence-corrected chi connectivity index (χ4v) is 1.78. The summed E-state index contributed by atoms with van der Waals surface area (Å²) in [5, 5.41) is 0. The van der Waals surface area contributed by atoms with Crippen LogP contribution in [0.3, 0.4) is 0 Å². The van der Waals surface area contributed by atoms with Gasteiger partial charge in [0.15, 0.2) is 0 Å². The van der Waals surface area contributed by atoms with Crippen molar-refractivity contribution in [1.29, 1.82) is 0 Å². The molecule has 0 N–H and O–H groups in total. The summed E-state index contributed by atoms with van der Waals surface area (Å²) in [6.45, 7) is 2.44. The molecule has 1 aromatic heterocycles. The summed E-state index contributed by atoms with van der Waals surface area (Å²) in [7, 11) is 0. The summed E-state index contributed by atoms with van der Waals surface area (Å²) in [4.78, 5) is 5.62. The minimum absolute atomic E-state index is 0.648. The molecule has 0 spiro atoms. The highest BCUT2D eigenvalue weighted by atomic mass is 19.4. The quantitative estimate of drug-likeness (QED) is 0.741. The van der Waals surface area contributed by atoms with Crippen LogP contribution in [0, 0.1) is 0 Å². The predicted molar refractivity (Wildman–Crippen MR) is 58.3 cm³/mol. The van der Waals surface area contributed by atoms with Gasteiger partial charge in [0.1, 0.15) is 5.69 Å². The standard InChI is InChI=1S/C12H13F3N2/c13-12(14,15)11-5-4-10(8-16-11)9-17-6-2-1-3-7-17/h1-2,4-5,8H,3,6-7,9H2. The van der Waals surface area contributed by atoms with Gasteiger partial charge in [-0.25, -0.2) is 0 Å². The van der Waals surface area contributed by atoms with Crippen LogP contribution in [0.4, 0.5) is 13.2 Å². The zero-order chi connectivity index (χ0) is 12.3. The van der Waals surface area contributed by atoms with Gasteiger partial charge in [-0.2, -0.15) is 13.2 Å². The van der Waals surface area contributed by atoms with E-state index in [-0.39, 0.29) is 0 Å². The van der Waals surface area contributed by atoms with Gasteiger partial charge >= 0.3 is 6.18 Å². The van der Waals surface area contributed by atoms with Crippen molar-refractivity contribution in [2.75, 3.05) is 13.1 Å². The summed E-state index contributed by atoms with van der Waals surface area (Å²) in [6.07, 6.45) is 2.13. The third-order valence-electron chi connectivity index (χ3n) is 2.66. The third-order valence-corrected chi connectivity index (χ3v) is 2.66. The molecule has 2 nitrogen and oxygen atoms in total. The highest BCUT2D eigenvalue weighted by Gasteiger charge is 2.32. The Kier molecular flexibility index (Phi) is 3.47. The van der Waals surface area contributed by atoms with E-state index in [0.29, 0.717) is 6.54 Å². The second kappa shape index (κ2) is 4.87. The van der Waals surface area contributed by atoms with E-state index < -0.39 is 11.9 Å². The Morgan fingerprint density at radius 1 is 1.24 bits per heavy atom. The topological polar surface area (TPSA) is 16.1 Å². The lowest BCUT2D eigenvalue weighted by atomic mass is 10.2. The number of rotatable bonds is 2. The van der Waals surface area contributed by atoms with E-state index in [1.165, 1.54) is 12.3 Å². The van der Waals surface area contributed by atoms with Crippen molar-refractivity contribution in [3.05, 3.63) is 41.7 Å². The fourth-order valence-electron chi connectivity index (χ4n) is 1.78. The first kappa shape index (κ1) is 12.1. The molecule has 0 saturated heterocycles. The second-order valence-electron chi connectivity index (χ2n) is 4.04. The first-order chi connectivity index (χ1) is 8.05. The van der Waals surface area contributed by atoms with E-state index in [2.05, 4.69) is 22.0 Å². The molecule has 1 aliphatic heterocycles. The summed E-state index contributed by atoms with van der Waals surface area (Å²) < 4.78 is 36.9. The Hall–Kier alpha value is -1.36. The van der Waals surface area contributed by atoms with Crippen molar-refractivity contribution >= 4 is 0 Å². The Labute approximate surface area is 97.8 Å². The minimum Gasteiger partial charge on any atom is -0.295 e. The van der Waals surface area contributed by atoms with Gasteiger partial charge < -0.3 is 0 Å². The molecule has 2 rings (SSSR count). The van der Waals surface area contributed by atoms with Crippen LogP contribution in [0.25, 0.3) is 0 Å². The number of pyridine rings is 1. The van der Waals surface area contributed by atoms with Crippen molar-refractivity contribution in [3.8, 4) is 0 Å². The van der Waals surface area contributed by atoms with E-state index >= 15 is 0 Å². The van der Waals surface area contributed by atoms with Crippen molar-refractivity contribution in [2.24, 2.45) is 0 Å². The van der Waals surface area contributed by atoms with Gasteiger partial charge in [-0.3, -0.25) is 9.88 Å². The van der Waals surface area contributed by atoms with Crippen molar-refractivity contribution in [3.63, 3.8) is 0 Å². The van der Waals surface area contributed by atoms with Gasteiger partial charge in [-0.15, -0.1) is 0 Å². The van der Waals surface area contributed by atoms with Crippen LogP contribution < -0.4 is 0 Å². The number of hydrogen-bond acceptors (Lipinski definition) is 2. The average Bonchev–Trinajstić information content (AvgIpc) is 2.30. The number of hydrogen-bond donors (Lipinski definition) is 0. The molecule has 0 unspecified atom stereocenters. The maximum atomic E-state index is 12.3. The molecule has 17 heavy (non-hydrogen) atoms. The molecule has 2 heterocycles. The van der Waals surface area contributed by atoms with Gasteiger partial charge in [0.25, 0.3) is 0 Å². The molecule has 0 amide bonds. The van der Waals surface area contributed by atoms with Crippen LogP contribution in [-0.2, 0) is 12.7 Å². The predicted octanol–water partition coefficient (Wildman–Crippen LogP) is 2.86. The van der Waals surface area contributed by atoms with Crippen molar-refractivity contribution in [1.82, 2.24) is 9.88 Å². The number of halogens is 3. The number of aromatic nitrogens is 1. The first-order valence-electron chi connectivity index (χ1n) is 5.45. The lowest BCUT2D eigenvalue weighted by molar-refractivity contribution is -0.141. The Morgan fingerprint density at radius 3 is 2.59 bits per heavy atom. The van der Waals surface area contributed by atoms with Crippen LogP contribution in [0.2, 0.25) is 0 Å². The third kappa shape index (κ3) is 3.30. The molecule has 0 saturated carbocycles. The van der Waals surface area contributed by atoms with E-state index in [9.17, 15) is 13.2 Å². The van der Waals surface area contributed by atoms with E-state index in [1.54, 1.807) is 0 Å². The normalized spacial score (nSPS) is 17.4. The highest BCUT2D eigenvalue weighted by Crippen LogP contribution is 2.27. The number of alkyl halides is 3. The van der Waals surface area contributed by atoms with Gasteiger partial charge in [-0.1, -0.05) is 18.2 Å². The van der Waals surface area contributed by atoms with Crippen LogP contribution >= 0.6 is 0 Å². The molecule has 0 fully saturated rings. The summed E-state index contributed by atoms with van der Waals surface area (Å²) in [6, 6.07) is 2.53. The van der Waals surface area contributed by atoms with Crippen LogP contribution in [-0.4, -0.2) is 23.0 Å². The van der Waals surface area contributed by atoms with E-state index in [1.807, 2.05) is 0 Å². The van der Waals surface area contributed by atoms with Gasteiger partial charge in [0.05, 0.1) is 0 Å². The van der Waals surface area contributed by atoms with Gasteiger partial charge in [-0.05, 0) is 18.1 Å². The molecule has 92 valence electrons. The lowest BCUT2D eigenvalue weighted by Gasteiger charge is -2.22. The van der Waals surface area contributed by atoms with Crippen LogP contribution in [0.1, 0.15) is 17.7 Å². The SMILES string of the molecule is FC(F)(F)c1ccc(CN2CC=CCC2)cn1. The summed E-state index contributed by atoms with van der Waals surface area (Å²) in [5.74, 6) is 0.